The predicted octanol–water partition coefficient (Wildman–Crippen LogP) is 2.37. The summed E-state index contributed by atoms with van der Waals surface area (Å²) in [7, 11) is 0. The predicted molar refractivity (Wildman–Crippen MR) is 106 cm³/mol. The molecular formula is C19H19F2N7O3. The summed E-state index contributed by atoms with van der Waals surface area (Å²) in [5.74, 6) is -0.536. The molecule has 0 aromatic carbocycles. The maximum absolute atomic E-state index is 12.6. The number of rotatable bonds is 9. The van der Waals surface area contributed by atoms with Gasteiger partial charge in [0, 0.05) is 24.5 Å². The molecule has 10 nitrogen and oxygen atoms in total. The van der Waals surface area contributed by atoms with Crippen molar-refractivity contribution < 1.29 is 22.8 Å². The third kappa shape index (κ3) is 5.02. The van der Waals surface area contributed by atoms with Crippen LogP contribution in [0, 0.1) is 5.92 Å². The Morgan fingerprint density at radius 2 is 2.16 bits per heavy atom. The molecule has 0 aliphatic heterocycles. The molecule has 0 bridgehead atoms. The smallest absolute Gasteiger partial charge is 0.277 e. The Labute approximate surface area is 174 Å². The second-order valence-corrected chi connectivity index (χ2v) is 7.11. The second kappa shape index (κ2) is 8.50. The van der Waals surface area contributed by atoms with Gasteiger partial charge in [0.25, 0.3) is 18.2 Å². The van der Waals surface area contributed by atoms with E-state index in [1.165, 1.54) is 12.3 Å². The van der Waals surface area contributed by atoms with Crippen molar-refractivity contribution in [3.8, 4) is 11.5 Å². The molecule has 1 aliphatic rings. The van der Waals surface area contributed by atoms with E-state index in [1.54, 1.807) is 16.9 Å². The number of alkyl halides is 2. The topological polar surface area (TPSA) is 141 Å². The first kappa shape index (κ1) is 20.4. The maximum Gasteiger partial charge on any atom is 0.277 e. The van der Waals surface area contributed by atoms with Gasteiger partial charge in [0.05, 0.1) is 12.2 Å². The zero-order chi connectivity index (χ0) is 22.0. The zero-order valence-electron chi connectivity index (χ0n) is 16.2. The number of carbonyl (C=O) groups excluding carboxylic acids is 2. The first-order valence-electron chi connectivity index (χ1n) is 9.51. The van der Waals surface area contributed by atoms with E-state index in [1.807, 2.05) is 0 Å². The Bertz CT molecular complexity index is 1110. The van der Waals surface area contributed by atoms with Crippen molar-refractivity contribution in [3.63, 3.8) is 0 Å². The van der Waals surface area contributed by atoms with Gasteiger partial charge < -0.3 is 20.8 Å². The van der Waals surface area contributed by atoms with Crippen LogP contribution in [-0.4, -0.2) is 44.5 Å². The average Bonchev–Trinajstić information content (AvgIpc) is 3.24. The summed E-state index contributed by atoms with van der Waals surface area (Å²) in [6, 6.07) is 3.04. The van der Waals surface area contributed by atoms with E-state index in [0.29, 0.717) is 18.0 Å². The molecule has 1 aliphatic carbocycles. The zero-order valence-corrected chi connectivity index (χ0v) is 16.2. The first-order chi connectivity index (χ1) is 14.9. The molecule has 4 rings (SSSR count). The lowest BCUT2D eigenvalue weighted by atomic mass is 10.2. The molecule has 2 amide bonds. The number of nitrogens with two attached hydrogens (primary N) is 1. The number of nitrogens with one attached hydrogen (secondary N) is 2. The molecule has 0 saturated heterocycles. The van der Waals surface area contributed by atoms with Crippen molar-refractivity contribution in [2.45, 2.75) is 25.8 Å². The Kier molecular flexibility index (Phi) is 5.60. The quantitative estimate of drug-likeness (QED) is 0.472. The van der Waals surface area contributed by atoms with E-state index in [-0.39, 0.29) is 28.8 Å². The Hall–Kier alpha value is -3.83. The van der Waals surface area contributed by atoms with Crippen molar-refractivity contribution >= 4 is 23.3 Å². The first-order valence-corrected chi connectivity index (χ1v) is 9.51. The lowest BCUT2D eigenvalue weighted by Gasteiger charge is -2.05. The molecule has 0 atom stereocenters. The molecule has 162 valence electrons. The van der Waals surface area contributed by atoms with Crippen LogP contribution in [0.25, 0.3) is 11.5 Å². The third-order valence-corrected chi connectivity index (χ3v) is 4.57. The molecular weight excluding hydrogens is 412 g/mol. The van der Waals surface area contributed by atoms with E-state index >= 15 is 0 Å². The lowest BCUT2D eigenvalue weighted by molar-refractivity contribution is 0.0995. The average molecular weight is 431 g/mol. The highest BCUT2D eigenvalue weighted by molar-refractivity contribution is 6.07. The monoisotopic (exact) mass is 431 g/mol. The molecule has 4 N–H and O–H groups in total. The van der Waals surface area contributed by atoms with E-state index in [4.69, 9.17) is 10.2 Å². The fourth-order valence-electron chi connectivity index (χ4n) is 2.89. The van der Waals surface area contributed by atoms with E-state index < -0.39 is 24.8 Å². The highest BCUT2D eigenvalue weighted by Gasteiger charge is 2.25. The number of carbonyl (C=O) groups is 2. The summed E-state index contributed by atoms with van der Waals surface area (Å²) in [4.78, 5) is 32.3. The van der Waals surface area contributed by atoms with Crippen LogP contribution in [0.5, 0.6) is 0 Å². The largest absolute Gasteiger partial charge is 0.444 e. The van der Waals surface area contributed by atoms with E-state index in [2.05, 4.69) is 25.7 Å². The van der Waals surface area contributed by atoms with Crippen molar-refractivity contribution in [2.75, 3.05) is 17.2 Å². The van der Waals surface area contributed by atoms with Gasteiger partial charge in [-0.25, -0.2) is 18.7 Å². The molecule has 31 heavy (non-hydrogen) atoms. The van der Waals surface area contributed by atoms with Crippen LogP contribution in [-0.2, 0) is 6.54 Å². The van der Waals surface area contributed by atoms with Gasteiger partial charge in [-0.15, -0.1) is 0 Å². The highest BCUT2D eigenvalue weighted by Crippen LogP contribution is 2.31. The number of nitrogens with zero attached hydrogens (tertiary/aromatic N) is 4. The molecule has 0 spiro atoms. The minimum Gasteiger partial charge on any atom is -0.444 e. The van der Waals surface area contributed by atoms with Crippen LogP contribution in [0.2, 0.25) is 0 Å². The van der Waals surface area contributed by atoms with Gasteiger partial charge in [0.2, 0.25) is 5.89 Å². The van der Waals surface area contributed by atoms with E-state index in [0.717, 1.165) is 19.1 Å². The number of hydrogen-bond acceptors (Lipinski definition) is 7. The summed E-state index contributed by atoms with van der Waals surface area (Å²) in [6.45, 7) is 0.0978. The fourth-order valence-corrected chi connectivity index (χ4v) is 2.89. The van der Waals surface area contributed by atoms with Gasteiger partial charge >= 0.3 is 0 Å². The SMILES string of the molecule is NC(=O)c1nn(CC2CC2)cc1NC(=O)c1coc(-c2ccnc(NCC(F)F)c2)n1. The number of amides is 2. The summed E-state index contributed by atoms with van der Waals surface area (Å²) in [6.07, 6.45) is 3.78. The Balaban J connectivity index is 1.48. The van der Waals surface area contributed by atoms with Gasteiger partial charge in [0.1, 0.15) is 12.1 Å². The summed E-state index contributed by atoms with van der Waals surface area (Å²) in [5.41, 5.74) is 5.92. The Morgan fingerprint density at radius 1 is 1.35 bits per heavy atom. The number of hydrogen-bond donors (Lipinski definition) is 3. The highest BCUT2D eigenvalue weighted by atomic mass is 19.3. The Morgan fingerprint density at radius 3 is 2.87 bits per heavy atom. The van der Waals surface area contributed by atoms with E-state index in [9.17, 15) is 18.4 Å². The number of pyridine rings is 1. The molecule has 3 heterocycles. The number of aromatic nitrogens is 4. The van der Waals surface area contributed by atoms with Crippen LogP contribution in [0.4, 0.5) is 20.3 Å². The minimum atomic E-state index is -2.53. The number of anilines is 2. The minimum absolute atomic E-state index is 0.0402. The van der Waals surface area contributed by atoms with Crippen molar-refractivity contribution in [1.82, 2.24) is 19.7 Å². The second-order valence-electron chi connectivity index (χ2n) is 7.11. The number of halogens is 2. The molecule has 3 aromatic heterocycles. The van der Waals surface area contributed by atoms with Crippen molar-refractivity contribution in [3.05, 3.63) is 42.2 Å². The number of primary amides is 1. The fraction of sp³-hybridized carbons (Fsp3) is 0.316. The molecule has 0 unspecified atom stereocenters. The molecule has 0 radical (unpaired) electrons. The van der Waals surface area contributed by atoms with Gasteiger partial charge in [0.15, 0.2) is 11.4 Å². The van der Waals surface area contributed by atoms with Crippen LogP contribution >= 0.6 is 0 Å². The third-order valence-electron chi connectivity index (χ3n) is 4.57. The summed E-state index contributed by atoms with van der Waals surface area (Å²) in [5, 5.41) is 9.21. The summed E-state index contributed by atoms with van der Waals surface area (Å²) >= 11 is 0. The normalized spacial score (nSPS) is 13.4. The van der Waals surface area contributed by atoms with Crippen molar-refractivity contribution in [1.29, 1.82) is 0 Å². The van der Waals surface area contributed by atoms with Crippen LogP contribution in [0.3, 0.4) is 0 Å². The molecule has 12 heteroatoms. The summed E-state index contributed by atoms with van der Waals surface area (Å²) < 4.78 is 31.7. The van der Waals surface area contributed by atoms with Gasteiger partial charge in [-0.05, 0) is 30.9 Å². The maximum atomic E-state index is 12.6. The van der Waals surface area contributed by atoms with Crippen LogP contribution in [0.1, 0.15) is 33.8 Å². The standard InChI is InChI=1S/C19H19F2N7O3/c20-14(21)6-24-15-5-11(3-4-23-15)19-26-13(9-31-19)18(30)25-12-8-28(7-10-1-2-10)27-16(12)17(22)29/h3-5,8-10,14H,1-2,6-7H2,(H2,22,29)(H,23,24)(H,25,30). The number of oxazole rings is 1. The van der Waals surface area contributed by atoms with Gasteiger partial charge in [-0.3, -0.25) is 14.3 Å². The van der Waals surface area contributed by atoms with Crippen LogP contribution < -0.4 is 16.4 Å². The molecule has 1 fully saturated rings. The van der Waals surface area contributed by atoms with Gasteiger partial charge in [-0.2, -0.15) is 5.10 Å². The van der Waals surface area contributed by atoms with Gasteiger partial charge in [-0.1, -0.05) is 0 Å². The van der Waals surface area contributed by atoms with Crippen LogP contribution in [0.15, 0.2) is 35.2 Å². The molecule has 3 aromatic rings. The lowest BCUT2D eigenvalue weighted by Crippen LogP contribution is -2.18. The molecule has 1 saturated carbocycles. The van der Waals surface area contributed by atoms with Crippen molar-refractivity contribution in [2.24, 2.45) is 11.7 Å².